The molecule has 1 fully saturated rings. The molecule has 138 valence electrons. The van der Waals surface area contributed by atoms with Crippen LogP contribution in [0.25, 0.3) is 0 Å². The second-order valence-corrected chi connectivity index (χ2v) is 6.64. The molecule has 1 atom stereocenters. The van der Waals surface area contributed by atoms with Crippen LogP contribution in [0.3, 0.4) is 0 Å². The quantitative estimate of drug-likeness (QED) is 0.864. The molecule has 1 saturated heterocycles. The topological polar surface area (TPSA) is 61.4 Å². The summed E-state index contributed by atoms with van der Waals surface area (Å²) in [6, 6.07) is 5.89. The largest absolute Gasteiger partial charge is 0.353 e. The molecule has 6 nitrogen and oxygen atoms in total. The number of hydrogen-bond donors (Lipinski definition) is 1. The van der Waals surface area contributed by atoms with E-state index in [2.05, 4.69) is 25.1 Å². The highest BCUT2D eigenvalue weighted by Gasteiger charge is 2.26. The van der Waals surface area contributed by atoms with Gasteiger partial charge >= 0.3 is 0 Å². The van der Waals surface area contributed by atoms with E-state index in [-0.39, 0.29) is 17.8 Å². The smallest absolute Gasteiger partial charge is 0.237 e. The van der Waals surface area contributed by atoms with Gasteiger partial charge in [0.25, 0.3) is 0 Å². The van der Waals surface area contributed by atoms with Crippen molar-refractivity contribution < 1.29 is 9.18 Å². The van der Waals surface area contributed by atoms with Gasteiger partial charge in [0, 0.05) is 32.7 Å². The van der Waals surface area contributed by atoms with Gasteiger partial charge in [-0.15, -0.1) is 0 Å². The van der Waals surface area contributed by atoms with E-state index in [1.807, 2.05) is 6.92 Å². The van der Waals surface area contributed by atoms with Gasteiger partial charge in [-0.05, 0) is 24.6 Å². The van der Waals surface area contributed by atoms with E-state index in [0.29, 0.717) is 11.6 Å². The maximum atomic E-state index is 12.9. The number of nitrogens with one attached hydrogen (secondary N) is 1. The molecule has 1 aliphatic heterocycles. The zero-order chi connectivity index (χ0) is 18.5. The summed E-state index contributed by atoms with van der Waals surface area (Å²) in [6.07, 6.45) is 3.07. The predicted molar refractivity (Wildman–Crippen MR) is 98.5 cm³/mol. The first-order chi connectivity index (χ1) is 12.5. The van der Waals surface area contributed by atoms with Crippen molar-refractivity contribution in [1.82, 2.24) is 20.2 Å². The highest BCUT2D eigenvalue weighted by Crippen LogP contribution is 2.22. The van der Waals surface area contributed by atoms with Crippen LogP contribution in [0, 0.1) is 5.82 Å². The molecule has 2 heterocycles. The molecule has 0 radical (unpaired) electrons. The lowest BCUT2D eigenvalue weighted by atomic mass is 10.2. The Hall–Kier alpha value is -2.25. The number of piperazine rings is 1. The summed E-state index contributed by atoms with van der Waals surface area (Å²) in [5.41, 5.74) is 0.871. The molecule has 0 unspecified atom stereocenters. The first-order valence-electron chi connectivity index (χ1n) is 8.51. The van der Waals surface area contributed by atoms with Crippen LogP contribution in [0.2, 0.25) is 5.02 Å². The average Bonchev–Trinajstić information content (AvgIpc) is 2.67. The van der Waals surface area contributed by atoms with Crippen molar-refractivity contribution in [3.05, 3.63) is 53.2 Å². The van der Waals surface area contributed by atoms with Crippen molar-refractivity contribution >= 4 is 23.3 Å². The monoisotopic (exact) mass is 377 g/mol. The number of halogens is 2. The Labute approximate surface area is 157 Å². The Morgan fingerprint density at radius 3 is 2.62 bits per heavy atom. The molecule has 8 heteroatoms. The summed E-state index contributed by atoms with van der Waals surface area (Å²) >= 11 is 6.15. The fourth-order valence-electron chi connectivity index (χ4n) is 2.96. The number of carbonyl (C=O) groups is 1. The SMILES string of the molecule is C[C@H](C(=O)NCc1ccc(F)cc1)N1CCN(c2ncncc2Cl)CC1. The Morgan fingerprint density at radius 2 is 1.96 bits per heavy atom. The van der Waals surface area contributed by atoms with Crippen LogP contribution in [-0.4, -0.2) is 53.0 Å². The number of aromatic nitrogens is 2. The fraction of sp³-hybridized carbons (Fsp3) is 0.389. The van der Waals surface area contributed by atoms with Gasteiger partial charge in [0.1, 0.15) is 17.2 Å². The zero-order valence-electron chi connectivity index (χ0n) is 14.5. The normalized spacial score (nSPS) is 16.3. The lowest BCUT2D eigenvalue weighted by molar-refractivity contribution is -0.126. The van der Waals surface area contributed by atoms with Gasteiger partial charge in [-0.1, -0.05) is 23.7 Å². The van der Waals surface area contributed by atoms with Crippen LogP contribution in [0.1, 0.15) is 12.5 Å². The Balaban J connectivity index is 1.49. The third-order valence-electron chi connectivity index (χ3n) is 4.57. The summed E-state index contributed by atoms with van der Waals surface area (Å²) in [4.78, 5) is 24.8. The minimum absolute atomic E-state index is 0.0390. The summed E-state index contributed by atoms with van der Waals surface area (Å²) < 4.78 is 12.9. The van der Waals surface area contributed by atoms with Gasteiger partial charge < -0.3 is 10.2 Å². The first-order valence-corrected chi connectivity index (χ1v) is 8.89. The highest BCUT2D eigenvalue weighted by molar-refractivity contribution is 6.32. The van der Waals surface area contributed by atoms with E-state index < -0.39 is 0 Å². The van der Waals surface area contributed by atoms with E-state index in [0.717, 1.165) is 37.6 Å². The number of hydrogen-bond acceptors (Lipinski definition) is 5. The molecular weight excluding hydrogens is 357 g/mol. The molecular formula is C18H21ClFN5O. The second-order valence-electron chi connectivity index (χ2n) is 6.24. The van der Waals surface area contributed by atoms with Crippen LogP contribution in [0.15, 0.2) is 36.8 Å². The number of rotatable bonds is 5. The minimum Gasteiger partial charge on any atom is -0.353 e. The Kier molecular flexibility index (Phi) is 6.00. The number of carbonyl (C=O) groups excluding carboxylic acids is 1. The summed E-state index contributed by atoms with van der Waals surface area (Å²) in [7, 11) is 0. The molecule has 2 aromatic rings. The summed E-state index contributed by atoms with van der Waals surface area (Å²) in [5, 5.41) is 3.44. The van der Waals surface area contributed by atoms with E-state index in [1.54, 1.807) is 18.3 Å². The number of amides is 1. The lowest BCUT2D eigenvalue weighted by Crippen LogP contribution is -2.54. The summed E-state index contributed by atoms with van der Waals surface area (Å²) in [5.74, 6) is 0.410. The van der Waals surface area contributed by atoms with Crippen molar-refractivity contribution in [3.8, 4) is 0 Å². The van der Waals surface area contributed by atoms with Crippen LogP contribution in [0.5, 0.6) is 0 Å². The van der Waals surface area contributed by atoms with Gasteiger partial charge in [0.05, 0.1) is 12.2 Å². The summed E-state index contributed by atoms with van der Waals surface area (Å²) in [6.45, 7) is 5.25. The molecule has 26 heavy (non-hydrogen) atoms. The van der Waals surface area contributed by atoms with Gasteiger partial charge in [0.15, 0.2) is 5.82 Å². The minimum atomic E-state index is -0.282. The number of nitrogens with zero attached hydrogens (tertiary/aromatic N) is 4. The lowest BCUT2D eigenvalue weighted by Gasteiger charge is -2.38. The zero-order valence-corrected chi connectivity index (χ0v) is 15.3. The third-order valence-corrected chi connectivity index (χ3v) is 4.84. The molecule has 3 rings (SSSR count). The van der Waals surface area contributed by atoms with E-state index >= 15 is 0 Å². The standard InChI is InChI=1S/C18H21ClFN5O/c1-13(18(26)22-10-14-2-4-15(20)5-3-14)24-6-8-25(9-7-24)17-16(19)11-21-12-23-17/h2-5,11-13H,6-10H2,1H3,(H,22,26)/t13-/m1/s1. The van der Waals surface area contributed by atoms with Crippen molar-refractivity contribution in [2.45, 2.75) is 19.5 Å². The van der Waals surface area contributed by atoms with Gasteiger partial charge in [-0.2, -0.15) is 0 Å². The highest BCUT2D eigenvalue weighted by atomic mass is 35.5. The molecule has 0 aliphatic carbocycles. The van der Waals surface area contributed by atoms with Crippen LogP contribution < -0.4 is 10.2 Å². The van der Waals surface area contributed by atoms with Crippen molar-refractivity contribution in [3.63, 3.8) is 0 Å². The van der Waals surface area contributed by atoms with E-state index in [4.69, 9.17) is 11.6 Å². The first kappa shape index (κ1) is 18.5. The van der Waals surface area contributed by atoms with Crippen molar-refractivity contribution in [1.29, 1.82) is 0 Å². The second kappa shape index (κ2) is 8.42. The van der Waals surface area contributed by atoms with Gasteiger partial charge in [-0.25, -0.2) is 14.4 Å². The molecule has 1 aliphatic rings. The molecule has 1 aromatic carbocycles. The molecule has 1 aromatic heterocycles. The number of benzene rings is 1. The van der Waals surface area contributed by atoms with Gasteiger partial charge in [-0.3, -0.25) is 9.69 Å². The average molecular weight is 378 g/mol. The van der Waals surface area contributed by atoms with E-state index in [9.17, 15) is 9.18 Å². The predicted octanol–water partition coefficient (Wildman–Crippen LogP) is 2.10. The molecule has 0 spiro atoms. The maximum absolute atomic E-state index is 12.9. The Morgan fingerprint density at radius 1 is 1.27 bits per heavy atom. The molecule has 1 amide bonds. The van der Waals surface area contributed by atoms with Gasteiger partial charge in [0.2, 0.25) is 5.91 Å². The third kappa shape index (κ3) is 4.47. The van der Waals surface area contributed by atoms with Crippen LogP contribution in [0.4, 0.5) is 10.2 Å². The number of anilines is 1. The Bertz CT molecular complexity index is 750. The molecule has 0 bridgehead atoms. The van der Waals surface area contributed by atoms with Crippen LogP contribution in [-0.2, 0) is 11.3 Å². The van der Waals surface area contributed by atoms with Crippen LogP contribution >= 0.6 is 11.6 Å². The van der Waals surface area contributed by atoms with Crippen molar-refractivity contribution in [2.24, 2.45) is 0 Å². The maximum Gasteiger partial charge on any atom is 0.237 e. The fourth-order valence-corrected chi connectivity index (χ4v) is 3.19. The molecule has 0 saturated carbocycles. The van der Waals surface area contributed by atoms with Crippen molar-refractivity contribution in [2.75, 3.05) is 31.1 Å². The van der Waals surface area contributed by atoms with E-state index in [1.165, 1.54) is 18.5 Å². The molecule has 1 N–H and O–H groups in total.